The Labute approximate surface area is 409 Å². The van der Waals surface area contributed by atoms with Gasteiger partial charge in [0.05, 0.1) is 11.1 Å². The van der Waals surface area contributed by atoms with E-state index in [2.05, 4.69) is 248 Å². The molecule has 0 radical (unpaired) electrons. The monoisotopic (exact) mass is 907 g/mol. The molecule has 0 saturated carbocycles. The first-order valence-electron chi connectivity index (χ1n) is 24.1. The van der Waals surface area contributed by atoms with E-state index in [-0.39, 0.29) is 0 Å². The second kappa shape index (κ2) is 15.1. The van der Waals surface area contributed by atoms with Crippen molar-refractivity contribution in [1.29, 1.82) is 0 Å². The van der Waals surface area contributed by atoms with Crippen molar-refractivity contribution in [1.82, 2.24) is 0 Å². The highest BCUT2D eigenvalue weighted by Gasteiger charge is 2.50. The van der Waals surface area contributed by atoms with Crippen molar-refractivity contribution in [2.75, 3.05) is 4.90 Å². The summed E-state index contributed by atoms with van der Waals surface area (Å²) in [5, 5.41) is 4.88. The molecule has 0 amide bonds. The van der Waals surface area contributed by atoms with E-state index in [1.54, 1.807) is 0 Å². The largest absolute Gasteiger partial charge is 0.455 e. The Morgan fingerprint density at radius 3 is 1.66 bits per heavy atom. The average molecular weight is 908 g/mol. The van der Waals surface area contributed by atoms with Gasteiger partial charge in [0.25, 0.3) is 0 Å². The third kappa shape index (κ3) is 5.55. The highest BCUT2D eigenvalue weighted by molar-refractivity contribution is 7.25. The smallest absolute Gasteiger partial charge is 0.143 e. The molecule has 70 heavy (non-hydrogen) atoms. The van der Waals surface area contributed by atoms with Gasteiger partial charge in [-0.3, -0.25) is 0 Å². The molecule has 326 valence electrons. The molecule has 1 unspecified atom stereocenters. The van der Waals surface area contributed by atoms with Gasteiger partial charge in [-0.05, 0) is 121 Å². The second-order valence-electron chi connectivity index (χ2n) is 18.7. The molecule has 15 rings (SSSR count). The Bertz CT molecular complexity index is 4250. The molecule has 2 aliphatic rings. The number of para-hydroxylation sites is 3. The predicted molar refractivity (Wildman–Crippen MR) is 294 cm³/mol. The molecular weight excluding hydrogens is 867 g/mol. The zero-order chi connectivity index (χ0) is 45.9. The van der Waals surface area contributed by atoms with Crippen molar-refractivity contribution in [3.05, 3.63) is 271 Å². The van der Waals surface area contributed by atoms with Gasteiger partial charge in [0.15, 0.2) is 0 Å². The molecule has 0 bridgehead atoms. The van der Waals surface area contributed by atoms with Crippen LogP contribution in [-0.4, -0.2) is 0 Å². The zero-order valence-electron chi connectivity index (χ0n) is 37.9. The number of benzene rings is 11. The molecule has 1 spiro atoms. The van der Waals surface area contributed by atoms with Crippen LogP contribution in [0.15, 0.2) is 253 Å². The molecule has 0 N–H and O–H groups in total. The van der Waals surface area contributed by atoms with Gasteiger partial charge in [-0.1, -0.05) is 194 Å². The Morgan fingerprint density at radius 2 is 0.871 bits per heavy atom. The van der Waals surface area contributed by atoms with E-state index < -0.39 is 5.41 Å². The van der Waals surface area contributed by atoms with E-state index in [1.807, 2.05) is 17.4 Å². The number of nitrogens with zero attached hydrogens (tertiary/aromatic N) is 1. The molecule has 2 nitrogen and oxygen atoms in total. The summed E-state index contributed by atoms with van der Waals surface area (Å²) in [7, 11) is 0. The molecule has 11 aromatic carbocycles. The Hall–Kier alpha value is -8.76. The molecule has 2 aromatic heterocycles. The first kappa shape index (κ1) is 39.3. The van der Waals surface area contributed by atoms with E-state index in [0.717, 1.165) is 61.3 Å². The maximum atomic E-state index is 6.56. The Balaban J connectivity index is 1.02. The van der Waals surface area contributed by atoms with Crippen molar-refractivity contribution < 1.29 is 4.42 Å². The van der Waals surface area contributed by atoms with Gasteiger partial charge in [0.2, 0.25) is 0 Å². The quantitative estimate of drug-likeness (QED) is 0.171. The minimum atomic E-state index is -0.656. The van der Waals surface area contributed by atoms with Gasteiger partial charge >= 0.3 is 0 Å². The molecule has 0 saturated heterocycles. The highest BCUT2D eigenvalue weighted by atomic mass is 32.1. The van der Waals surface area contributed by atoms with Crippen LogP contribution in [0.25, 0.3) is 97.7 Å². The summed E-state index contributed by atoms with van der Waals surface area (Å²) in [6.45, 7) is 0. The van der Waals surface area contributed by atoms with Crippen molar-refractivity contribution in [2.45, 2.75) is 5.41 Å². The normalized spacial score (nSPS) is 14.3. The van der Waals surface area contributed by atoms with Crippen LogP contribution in [0.5, 0.6) is 0 Å². The molecule has 3 heteroatoms. The van der Waals surface area contributed by atoms with Crippen LogP contribution in [0, 0.1) is 0 Å². The lowest BCUT2D eigenvalue weighted by atomic mass is 9.65. The first-order chi connectivity index (χ1) is 34.7. The standard InChI is InChI=1S/C67H41NOS/c1-2-17-42(18-3-1)46-19-8-13-30-62(46)68(44-35-33-43(34-36-44)47-26-16-27-55-53-24-9-14-31-63(53)69-66(47)55)45-37-38-52-49-21-5-4-20-48(49)50-22-6-11-28-58(50)67(60(52)39-45)59-29-12-7-23-51(59)56-40-57-54-25-10-15-32-64(54)70-65(57)41-61(56)67/h1-41H. The highest BCUT2D eigenvalue weighted by Crippen LogP contribution is 2.63. The van der Waals surface area contributed by atoms with Crippen LogP contribution in [0.1, 0.15) is 22.3 Å². The molecule has 1 atom stereocenters. The van der Waals surface area contributed by atoms with Gasteiger partial charge in [-0.2, -0.15) is 0 Å². The van der Waals surface area contributed by atoms with Crippen LogP contribution in [0.3, 0.4) is 0 Å². The molecule has 0 fully saturated rings. The molecular formula is C67H41NOS. The fourth-order valence-corrected chi connectivity index (χ4v) is 13.3. The van der Waals surface area contributed by atoms with E-state index in [9.17, 15) is 0 Å². The number of thiophene rings is 1. The van der Waals surface area contributed by atoms with E-state index in [0.29, 0.717) is 0 Å². The summed E-state index contributed by atoms with van der Waals surface area (Å²) >= 11 is 1.90. The fourth-order valence-electron chi connectivity index (χ4n) is 12.2. The number of hydrogen-bond acceptors (Lipinski definition) is 3. The predicted octanol–water partition coefficient (Wildman–Crippen LogP) is 18.8. The maximum absolute atomic E-state index is 6.56. The molecule has 2 heterocycles. The Kier molecular flexibility index (Phi) is 8.48. The second-order valence-corrected chi connectivity index (χ2v) is 19.7. The van der Waals surface area contributed by atoms with Crippen LogP contribution >= 0.6 is 11.3 Å². The van der Waals surface area contributed by atoms with Crippen LogP contribution < -0.4 is 4.90 Å². The third-order valence-electron chi connectivity index (χ3n) is 15.1. The number of hydrogen-bond donors (Lipinski definition) is 0. The number of anilines is 3. The van der Waals surface area contributed by atoms with Gasteiger partial charge < -0.3 is 9.32 Å². The summed E-state index contributed by atoms with van der Waals surface area (Å²) in [4.78, 5) is 2.47. The van der Waals surface area contributed by atoms with Crippen LogP contribution in [0.2, 0.25) is 0 Å². The molecule has 0 aliphatic heterocycles. The van der Waals surface area contributed by atoms with E-state index >= 15 is 0 Å². The number of furan rings is 1. The van der Waals surface area contributed by atoms with Crippen molar-refractivity contribution >= 4 is 70.5 Å². The lowest BCUT2D eigenvalue weighted by molar-refractivity contribution is 0.670. The zero-order valence-corrected chi connectivity index (χ0v) is 38.8. The minimum absolute atomic E-state index is 0.656. The first-order valence-corrected chi connectivity index (χ1v) is 24.9. The Morgan fingerprint density at radius 1 is 0.314 bits per heavy atom. The number of rotatable bonds is 5. The van der Waals surface area contributed by atoms with Gasteiger partial charge in [0, 0.05) is 53.4 Å². The minimum Gasteiger partial charge on any atom is -0.455 e. The average Bonchev–Trinajstić information content (AvgIpc) is 4.07. The van der Waals surface area contributed by atoms with Gasteiger partial charge in [0.1, 0.15) is 11.2 Å². The summed E-state index contributed by atoms with van der Waals surface area (Å²) in [5.74, 6) is 0. The van der Waals surface area contributed by atoms with E-state index in [1.165, 1.54) is 75.8 Å². The van der Waals surface area contributed by atoms with Crippen LogP contribution in [-0.2, 0) is 5.41 Å². The number of fused-ring (bicyclic) bond motifs is 18. The van der Waals surface area contributed by atoms with Gasteiger partial charge in [-0.15, -0.1) is 11.3 Å². The summed E-state index contributed by atoms with van der Waals surface area (Å²) < 4.78 is 9.18. The summed E-state index contributed by atoms with van der Waals surface area (Å²) in [5.41, 5.74) is 21.7. The SMILES string of the molecule is c1ccc(-c2ccccc2N(c2ccc(-c3cccc4c3oc3ccccc34)cc2)c2ccc3c(c2)C2(c4ccccc4-c4ccccc4-3)c3ccccc3-c3cc4c(cc32)sc2ccccc24)cc1. The van der Waals surface area contributed by atoms with Crippen molar-refractivity contribution in [3.8, 4) is 55.6 Å². The third-order valence-corrected chi connectivity index (χ3v) is 16.3. The molecule has 2 aliphatic carbocycles. The van der Waals surface area contributed by atoms with Crippen LogP contribution in [0.4, 0.5) is 17.1 Å². The summed E-state index contributed by atoms with van der Waals surface area (Å²) in [6, 6.07) is 92.2. The lowest BCUT2D eigenvalue weighted by Crippen LogP contribution is -2.29. The van der Waals surface area contributed by atoms with Crippen molar-refractivity contribution in [3.63, 3.8) is 0 Å². The van der Waals surface area contributed by atoms with E-state index in [4.69, 9.17) is 4.42 Å². The maximum Gasteiger partial charge on any atom is 0.143 e. The lowest BCUT2D eigenvalue weighted by Gasteiger charge is -2.36. The molecule has 13 aromatic rings. The fraction of sp³-hybridized carbons (Fsp3) is 0.0149. The van der Waals surface area contributed by atoms with Gasteiger partial charge in [-0.25, -0.2) is 0 Å². The van der Waals surface area contributed by atoms with Crippen molar-refractivity contribution in [2.24, 2.45) is 0 Å². The summed E-state index contributed by atoms with van der Waals surface area (Å²) in [6.07, 6.45) is 0. The topological polar surface area (TPSA) is 16.4 Å².